The minimum atomic E-state index is -4.70. The average Bonchev–Trinajstić information content (AvgIpc) is 3.12. The van der Waals surface area contributed by atoms with E-state index in [4.69, 9.17) is 14.6 Å². The Morgan fingerprint density at radius 3 is 2.56 bits per heavy atom. The molecule has 32 heavy (non-hydrogen) atoms. The summed E-state index contributed by atoms with van der Waals surface area (Å²) < 4.78 is 51.8. The zero-order valence-electron chi connectivity index (χ0n) is 18.0. The molecule has 5 nitrogen and oxygen atoms in total. The predicted molar refractivity (Wildman–Crippen MR) is 116 cm³/mol. The molecule has 1 heterocycles. The Balaban J connectivity index is 1.90. The van der Waals surface area contributed by atoms with E-state index in [0.29, 0.717) is 5.75 Å². The van der Waals surface area contributed by atoms with Gasteiger partial charge in [0.2, 0.25) is 0 Å². The minimum Gasteiger partial charge on any atom is -0.482 e. The van der Waals surface area contributed by atoms with Crippen molar-refractivity contribution in [3.05, 3.63) is 53.2 Å². The molecule has 0 bridgehead atoms. The van der Waals surface area contributed by atoms with Crippen LogP contribution in [0.5, 0.6) is 17.2 Å². The molecule has 0 aliphatic carbocycles. The Morgan fingerprint density at radius 1 is 1.09 bits per heavy atom. The van der Waals surface area contributed by atoms with Crippen LogP contribution in [0.1, 0.15) is 49.3 Å². The lowest BCUT2D eigenvalue weighted by Crippen LogP contribution is -2.12. The van der Waals surface area contributed by atoms with Crippen LogP contribution in [-0.2, 0) is 17.4 Å². The summed E-state index contributed by atoms with van der Waals surface area (Å²) in [6.07, 6.45) is 2.60. The molecule has 0 unspecified atom stereocenters. The lowest BCUT2D eigenvalue weighted by molar-refractivity contribution is -0.139. The topological polar surface area (TPSA) is 71.5 Å². The number of unbranched alkanes of at least 4 members (excludes halogenated alkanes) is 3. The van der Waals surface area contributed by atoms with Crippen molar-refractivity contribution in [1.29, 1.82) is 0 Å². The fourth-order valence-electron chi connectivity index (χ4n) is 3.60. The van der Waals surface area contributed by atoms with Gasteiger partial charge in [-0.3, -0.25) is 0 Å². The smallest absolute Gasteiger partial charge is 0.420 e. The normalized spacial score (nSPS) is 11.7. The van der Waals surface area contributed by atoms with E-state index >= 15 is 0 Å². The molecule has 0 aliphatic rings. The molecule has 0 aliphatic heterocycles. The number of aromatic nitrogens is 1. The Bertz CT molecular complexity index is 1090. The average molecular weight is 449 g/mol. The third kappa shape index (κ3) is 5.75. The summed E-state index contributed by atoms with van der Waals surface area (Å²) in [4.78, 5) is 13.9. The fourth-order valence-corrected chi connectivity index (χ4v) is 3.60. The summed E-state index contributed by atoms with van der Waals surface area (Å²) in [7, 11) is 0. The van der Waals surface area contributed by atoms with Crippen LogP contribution in [0.4, 0.5) is 13.2 Å². The highest BCUT2D eigenvalue weighted by Gasteiger charge is 2.36. The van der Waals surface area contributed by atoms with Crippen LogP contribution >= 0.6 is 0 Å². The van der Waals surface area contributed by atoms with Crippen LogP contribution in [0.25, 0.3) is 10.9 Å². The molecule has 1 aromatic heterocycles. The first-order valence-electron chi connectivity index (χ1n) is 10.5. The van der Waals surface area contributed by atoms with Crippen molar-refractivity contribution >= 4 is 16.9 Å². The number of aliphatic carboxylic acids is 1. The maximum atomic E-state index is 13.7. The molecule has 3 rings (SSSR count). The quantitative estimate of drug-likeness (QED) is 0.331. The zero-order valence-corrected chi connectivity index (χ0v) is 18.0. The second kappa shape index (κ2) is 9.97. The summed E-state index contributed by atoms with van der Waals surface area (Å²) in [6.45, 7) is 2.88. The van der Waals surface area contributed by atoms with Gasteiger partial charge in [0.25, 0.3) is 0 Å². The van der Waals surface area contributed by atoms with Crippen molar-refractivity contribution in [3.63, 3.8) is 0 Å². The number of benzene rings is 2. The summed E-state index contributed by atoms with van der Waals surface area (Å²) in [5.41, 5.74) is 1.17. The van der Waals surface area contributed by atoms with Crippen molar-refractivity contribution in [2.45, 2.75) is 52.1 Å². The van der Waals surface area contributed by atoms with Crippen molar-refractivity contribution in [3.8, 4) is 17.2 Å². The number of carboxylic acid groups (broad SMARTS) is 1. The van der Waals surface area contributed by atoms with E-state index in [9.17, 15) is 18.0 Å². The number of ether oxygens (including phenoxy) is 2. The highest BCUT2D eigenvalue weighted by atomic mass is 19.4. The summed E-state index contributed by atoms with van der Waals surface area (Å²) in [6, 6.07) is 7.25. The molecule has 0 radical (unpaired) electrons. The number of aromatic amines is 1. The molecule has 0 fully saturated rings. The Kier molecular flexibility index (Phi) is 7.33. The number of alkyl halides is 3. The van der Waals surface area contributed by atoms with E-state index in [1.807, 2.05) is 6.20 Å². The van der Waals surface area contributed by atoms with Gasteiger partial charge in [0, 0.05) is 17.1 Å². The predicted octanol–water partition coefficient (Wildman–Crippen LogP) is 6.87. The molecule has 172 valence electrons. The SMILES string of the molecule is CCCCCCc1c[nH]c2ccc(Oc3c(C)cc(OCC(=O)O)cc3C(F)(F)F)cc12. The number of carbonyl (C=O) groups is 1. The third-order valence-corrected chi connectivity index (χ3v) is 5.17. The zero-order chi connectivity index (χ0) is 23.3. The monoisotopic (exact) mass is 449 g/mol. The molecular formula is C24H26F3NO4. The van der Waals surface area contributed by atoms with Gasteiger partial charge in [-0.1, -0.05) is 26.2 Å². The number of H-pyrrole nitrogens is 1. The van der Waals surface area contributed by atoms with E-state index in [-0.39, 0.29) is 17.1 Å². The number of fused-ring (bicyclic) bond motifs is 1. The molecule has 0 saturated carbocycles. The standard InChI is InChI=1S/C24H26F3NO4/c1-3-4-5-6-7-16-13-28-21-9-8-17(11-19(16)21)32-23-15(2)10-18(31-14-22(29)30)12-20(23)24(25,26)27/h8-13,28H,3-7,14H2,1-2H3,(H,29,30). The molecule has 0 atom stereocenters. The van der Waals surface area contributed by atoms with Gasteiger partial charge in [0.05, 0.1) is 0 Å². The van der Waals surface area contributed by atoms with Gasteiger partial charge in [-0.2, -0.15) is 13.2 Å². The van der Waals surface area contributed by atoms with Crippen molar-refractivity contribution in [2.24, 2.45) is 0 Å². The second-order valence-corrected chi connectivity index (χ2v) is 7.73. The van der Waals surface area contributed by atoms with Gasteiger partial charge in [-0.15, -0.1) is 0 Å². The van der Waals surface area contributed by atoms with Gasteiger partial charge in [0.15, 0.2) is 6.61 Å². The molecule has 0 saturated heterocycles. The van der Waals surface area contributed by atoms with Gasteiger partial charge in [-0.05, 0) is 61.2 Å². The van der Waals surface area contributed by atoms with Crippen molar-refractivity contribution in [1.82, 2.24) is 4.98 Å². The molecular weight excluding hydrogens is 423 g/mol. The summed E-state index contributed by atoms with van der Waals surface area (Å²) >= 11 is 0. The second-order valence-electron chi connectivity index (χ2n) is 7.73. The van der Waals surface area contributed by atoms with Gasteiger partial charge < -0.3 is 19.6 Å². The lowest BCUT2D eigenvalue weighted by Gasteiger charge is -2.18. The number of hydrogen-bond donors (Lipinski definition) is 2. The molecule has 0 spiro atoms. The van der Waals surface area contributed by atoms with E-state index < -0.39 is 24.3 Å². The number of halogens is 3. The highest BCUT2D eigenvalue weighted by molar-refractivity contribution is 5.84. The first kappa shape index (κ1) is 23.5. The maximum Gasteiger partial charge on any atom is 0.420 e. The first-order valence-corrected chi connectivity index (χ1v) is 10.5. The number of nitrogens with one attached hydrogen (secondary N) is 1. The third-order valence-electron chi connectivity index (χ3n) is 5.17. The maximum absolute atomic E-state index is 13.7. The molecule has 8 heteroatoms. The molecule has 3 aromatic rings. The number of aryl methyl sites for hydroxylation is 2. The van der Waals surface area contributed by atoms with Gasteiger partial charge in [-0.25, -0.2) is 4.79 Å². The van der Waals surface area contributed by atoms with Crippen LogP contribution in [-0.4, -0.2) is 22.7 Å². The molecule has 0 amide bonds. The number of carboxylic acids is 1. The number of rotatable bonds is 10. The lowest BCUT2D eigenvalue weighted by atomic mass is 10.1. The van der Waals surface area contributed by atoms with E-state index in [2.05, 4.69) is 11.9 Å². The minimum absolute atomic E-state index is 0.181. The molecule has 2 N–H and O–H groups in total. The highest BCUT2D eigenvalue weighted by Crippen LogP contribution is 2.43. The van der Waals surface area contributed by atoms with Crippen molar-refractivity contribution < 1.29 is 32.5 Å². The van der Waals surface area contributed by atoms with Crippen LogP contribution < -0.4 is 9.47 Å². The Morgan fingerprint density at radius 2 is 1.88 bits per heavy atom. The summed E-state index contributed by atoms with van der Waals surface area (Å²) in [5, 5.41) is 9.64. The van der Waals surface area contributed by atoms with Crippen LogP contribution in [0.3, 0.4) is 0 Å². The fraction of sp³-hybridized carbons (Fsp3) is 0.375. The number of hydrogen-bond acceptors (Lipinski definition) is 3. The first-order chi connectivity index (χ1) is 15.2. The van der Waals surface area contributed by atoms with Crippen LogP contribution in [0, 0.1) is 6.92 Å². The van der Waals surface area contributed by atoms with Gasteiger partial charge in [0.1, 0.15) is 22.8 Å². The van der Waals surface area contributed by atoms with Crippen molar-refractivity contribution in [2.75, 3.05) is 6.61 Å². The van der Waals surface area contributed by atoms with E-state index in [1.54, 1.807) is 18.2 Å². The van der Waals surface area contributed by atoms with E-state index in [0.717, 1.165) is 48.2 Å². The molecule has 2 aromatic carbocycles. The largest absolute Gasteiger partial charge is 0.482 e. The Hall–Kier alpha value is -3.16. The van der Waals surface area contributed by atoms with E-state index in [1.165, 1.54) is 19.4 Å². The summed E-state index contributed by atoms with van der Waals surface area (Å²) in [5.74, 6) is -1.50. The van der Waals surface area contributed by atoms with Crippen LogP contribution in [0.2, 0.25) is 0 Å². The van der Waals surface area contributed by atoms with Gasteiger partial charge >= 0.3 is 12.1 Å². The Labute approximate surface area is 184 Å². The van der Waals surface area contributed by atoms with Crippen LogP contribution in [0.15, 0.2) is 36.5 Å².